The largest absolute Gasteiger partial charge is 0.438 e. The molecule has 0 bridgehead atoms. The van der Waals surface area contributed by atoms with E-state index in [0.717, 1.165) is 116 Å². The van der Waals surface area contributed by atoms with Gasteiger partial charge in [0, 0.05) is 54.0 Å². The molecule has 0 atom stereocenters. The Morgan fingerprint density at radius 2 is 0.800 bits per heavy atom. The standard InChI is InChI=1S/C24H17FN3O.3C17H13FN3O/c1-14-9-10-16-17-11-12-20(25)26-23(17)29-22(16)21(14)28-19-8-4-3-6-15(19)18-7-5-13-27(2)24(18)28;1-10-7-15-13(11-3-4-16(18)20-17(11)22-15)8-12(10)14-9-19-5-6-21(14)2;1-10-7-13-11-3-4-16(18)20-17(11)22-15(13)8-12(10)14-9-19-5-6-21(14)2;1-10-3-4-11-12-5-6-14(18)20-17(12)22-16(11)15(10)13-9-19-7-8-21(13)2/h3-13H,1-2H3;3*3-9H,1-2H3/q4*+1. The van der Waals surface area contributed by atoms with Crippen LogP contribution in [0, 0.1) is 51.5 Å². The van der Waals surface area contributed by atoms with Crippen molar-refractivity contribution in [3.8, 4) is 39.5 Å². The fraction of sp³-hybridized carbons (Fsp3) is 0.107. The minimum absolute atomic E-state index is 0.313. The predicted molar refractivity (Wildman–Crippen MR) is 354 cm³/mol. The molecule has 95 heavy (non-hydrogen) atoms. The second-order valence-electron chi connectivity index (χ2n) is 23.3. The van der Waals surface area contributed by atoms with Gasteiger partial charge < -0.3 is 17.7 Å². The van der Waals surface area contributed by atoms with Gasteiger partial charge in [-0.25, -0.2) is 4.57 Å². The number of hydrogen-bond donors (Lipinski definition) is 0. The number of aromatic nitrogens is 12. The molecule has 0 N–H and O–H groups in total. The molecular formula is C75H56F4N12O4+4. The minimum Gasteiger partial charge on any atom is -0.438 e. The normalized spacial score (nSPS) is 11.6. The molecule has 13 heterocycles. The third kappa shape index (κ3) is 10.4. The van der Waals surface area contributed by atoms with E-state index in [2.05, 4.69) is 87.3 Å². The maximum atomic E-state index is 13.7. The summed E-state index contributed by atoms with van der Waals surface area (Å²) < 4.78 is 87.3. The molecule has 0 aliphatic carbocycles. The lowest BCUT2D eigenvalue weighted by molar-refractivity contribution is -0.661. The molecule has 0 aliphatic heterocycles. The molecule has 0 spiro atoms. The van der Waals surface area contributed by atoms with Gasteiger partial charge in [-0.3, -0.25) is 15.0 Å². The summed E-state index contributed by atoms with van der Waals surface area (Å²) in [5.41, 5.74) is 17.5. The summed E-state index contributed by atoms with van der Waals surface area (Å²) in [5, 5.41) is 9.31. The van der Waals surface area contributed by atoms with Crippen LogP contribution in [-0.2, 0) is 28.2 Å². The third-order valence-electron chi connectivity index (χ3n) is 17.3. The van der Waals surface area contributed by atoms with Crippen molar-refractivity contribution in [2.24, 2.45) is 28.2 Å². The molecule has 16 nitrogen and oxygen atoms in total. The highest BCUT2D eigenvalue weighted by molar-refractivity contribution is 6.12. The van der Waals surface area contributed by atoms with Crippen LogP contribution in [0.25, 0.3) is 150 Å². The molecule has 0 amide bonds. The quantitative estimate of drug-likeness (QED) is 0.0936. The van der Waals surface area contributed by atoms with Crippen molar-refractivity contribution in [3.63, 3.8) is 0 Å². The zero-order chi connectivity index (χ0) is 65.5. The van der Waals surface area contributed by atoms with Gasteiger partial charge in [0.25, 0.3) is 5.65 Å². The number of rotatable bonds is 4. The first-order valence-corrected chi connectivity index (χ1v) is 30.3. The van der Waals surface area contributed by atoms with Gasteiger partial charge in [-0.15, -0.1) is 0 Å². The summed E-state index contributed by atoms with van der Waals surface area (Å²) >= 11 is 0. The van der Waals surface area contributed by atoms with Crippen molar-refractivity contribution in [2.75, 3.05) is 0 Å². The van der Waals surface area contributed by atoms with Crippen molar-refractivity contribution in [2.45, 2.75) is 27.7 Å². The topological polar surface area (TPSA) is 163 Å². The molecule has 0 fully saturated rings. The number of aryl methyl sites for hydroxylation is 8. The smallest absolute Gasteiger partial charge is 0.295 e. The van der Waals surface area contributed by atoms with E-state index in [4.69, 9.17) is 17.7 Å². The summed E-state index contributed by atoms with van der Waals surface area (Å²) in [6.07, 6.45) is 18.4. The number of fused-ring (bicyclic) bond motifs is 15. The highest BCUT2D eigenvalue weighted by atomic mass is 19.1. The second kappa shape index (κ2) is 23.5. The number of halogens is 4. The molecule has 18 rings (SSSR count). The molecule has 0 unspecified atom stereocenters. The Hall–Kier alpha value is -12.2. The molecule has 0 aliphatic rings. The summed E-state index contributed by atoms with van der Waals surface area (Å²) in [6.45, 7) is 8.14. The summed E-state index contributed by atoms with van der Waals surface area (Å²) in [6, 6.07) is 40.9. The van der Waals surface area contributed by atoms with Crippen molar-refractivity contribution in [1.29, 1.82) is 0 Å². The Morgan fingerprint density at radius 1 is 0.358 bits per heavy atom. The number of furan rings is 4. The van der Waals surface area contributed by atoms with Crippen LogP contribution < -0.4 is 18.3 Å². The van der Waals surface area contributed by atoms with Crippen molar-refractivity contribution in [3.05, 3.63) is 241 Å². The Morgan fingerprint density at radius 3 is 1.37 bits per heavy atom. The fourth-order valence-corrected chi connectivity index (χ4v) is 12.7. The SMILES string of the molecule is Cc1cc2c(cc1-c1cncc[n+]1C)oc1nc(F)ccc12.Cc1cc2oc3nc(F)ccc3c2cc1-c1cncc[n+]1C.Cc1ccc2c(oc3nc(F)ccc32)c1-c1cncc[n+]1C.Cc1ccc2c(oc3nc(F)ccc32)c1-n1c2ccccc2c2ccc[n+](C)c21. The van der Waals surface area contributed by atoms with Crippen molar-refractivity contribution in [1.82, 2.24) is 39.5 Å². The van der Waals surface area contributed by atoms with E-state index in [1.807, 2.05) is 148 Å². The lowest BCUT2D eigenvalue weighted by Gasteiger charge is -2.06. The van der Waals surface area contributed by atoms with E-state index >= 15 is 0 Å². The monoisotopic (exact) mass is 1260 g/mol. The summed E-state index contributed by atoms with van der Waals surface area (Å²) in [7, 11) is 7.94. The highest BCUT2D eigenvalue weighted by Gasteiger charge is 2.28. The average molecular weight is 1270 g/mol. The lowest BCUT2D eigenvalue weighted by atomic mass is 10.0. The maximum absolute atomic E-state index is 13.7. The Labute approximate surface area is 537 Å². The molecule has 0 saturated carbocycles. The molecule has 0 radical (unpaired) electrons. The first kappa shape index (κ1) is 59.1. The molecule has 464 valence electrons. The van der Waals surface area contributed by atoms with Gasteiger partial charge in [0.05, 0.1) is 72.5 Å². The molecule has 13 aromatic heterocycles. The van der Waals surface area contributed by atoms with E-state index in [-0.39, 0.29) is 0 Å². The second-order valence-corrected chi connectivity index (χ2v) is 23.3. The van der Waals surface area contributed by atoms with E-state index in [9.17, 15) is 17.6 Å². The number of nitrogens with zero attached hydrogens (tertiary/aromatic N) is 12. The van der Waals surface area contributed by atoms with Crippen LogP contribution in [0.15, 0.2) is 213 Å². The summed E-state index contributed by atoms with van der Waals surface area (Å²) in [5.74, 6) is -2.17. The zero-order valence-corrected chi connectivity index (χ0v) is 52.5. The van der Waals surface area contributed by atoms with Crippen molar-refractivity contribution >= 4 is 110 Å². The molecular weight excluding hydrogens is 1210 g/mol. The van der Waals surface area contributed by atoms with Crippen LogP contribution in [0.5, 0.6) is 0 Å². The summed E-state index contributed by atoms with van der Waals surface area (Å²) in [4.78, 5) is 28.0. The zero-order valence-electron chi connectivity index (χ0n) is 52.5. The van der Waals surface area contributed by atoms with E-state index in [0.29, 0.717) is 45.2 Å². The fourth-order valence-electron chi connectivity index (χ4n) is 12.7. The highest BCUT2D eigenvalue weighted by Crippen LogP contribution is 2.40. The van der Waals surface area contributed by atoms with Gasteiger partial charge >= 0.3 is 0 Å². The Kier molecular flexibility index (Phi) is 14.6. The van der Waals surface area contributed by atoms with Crippen LogP contribution in [0.2, 0.25) is 0 Å². The first-order chi connectivity index (χ1) is 46.0. The van der Waals surface area contributed by atoms with Crippen LogP contribution in [0.4, 0.5) is 17.6 Å². The van der Waals surface area contributed by atoms with Gasteiger partial charge in [0.1, 0.15) is 37.8 Å². The molecule has 5 aromatic carbocycles. The average Bonchev–Trinajstić information content (AvgIpc) is 1.61. The maximum Gasteiger partial charge on any atom is 0.295 e. The minimum atomic E-state index is -0.545. The van der Waals surface area contributed by atoms with Gasteiger partial charge in [-0.05, 0) is 148 Å². The van der Waals surface area contributed by atoms with Gasteiger partial charge in [-0.1, -0.05) is 30.3 Å². The molecule has 18 aromatic rings. The first-order valence-electron chi connectivity index (χ1n) is 30.3. The van der Waals surface area contributed by atoms with Crippen molar-refractivity contribution < 1.29 is 53.5 Å². The lowest BCUT2D eigenvalue weighted by Crippen LogP contribution is -2.30. The van der Waals surface area contributed by atoms with E-state index < -0.39 is 23.8 Å². The number of benzene rings is 5. The van der Waals surface area contributed by atoms with Gasteiger partial charge in [0.15, 0.2) is 35.4 Å². The molecule has 20 heteroatoms. The van der Waals surface area contributed by atoms with Gasteiger partial charge in [-0.2, -0.15) is 55.8 Å². The number of para-hydroxylation sites is 1. The van der Waals surface area contributed by atoms with E-state index in [1.165, 1.54) is 35.0 Å². The van der Waals surface area contributed by atoms with E-state index in [1.54, 1.807) is 49.1 Å². The van der Waals surface area contributed by atoms with Crippen LogP contribution in [0.1, 0.15) is 22.3 Å². The molecule has 0 saturated heterocycles. The third-order valence-corrected chi connectivity index (χ3v) is 17.3. The van der Waals surface area contributed by atoms with Crippen LogP contribution in [-0.4, -0.2) is 39.5 Å². The van der Waals surface area contributed by atoms with Crippen LogP contribution >= 0.6 is 0 Å². The Bertz CT molecular complexity index is 6110. The number of hydrogen-bond acceptors (Lipinski definition) is 11. The van der Waals surface area contributed by atoms with Crippen LogP contribution in [0.3, 0.4) is 0 Å². The van der Waals surface area contributed by atoms with Gasteiger partial charge in [0.2, 0.25) is 63.7 Å². The predicted octanol–water partition coefficient (Wildman–Crippen LogP) is 15.3. The number of pyridine rings is 5. The Balaban J connectivity index is 0.000000105.